The molecular weight excluding hydrogens is 432 g/mol. The maximum Gasteiger partial charge on any atom is 0.243 e. The molecule has 0 saturated carbocycles. The zero-order valence-corrected chi connectivity index (χ0v) is 21.9. The first-order valence-corrected chi connectivity index (χ1v) is 13.3. The van der Waals surface area contributed by atoms with Crippen molar-refractivity contribution in [1.29, 1.82) is 0 Å². The van der Waals surface area contributed by atoms with Crippen molar-refractivity contribution >= 4 is 16.1 Å². The Kier molecular flexibility index (Phi) is 6.13. The van der Waals surface area contributed by atoms with E-state index in [1.165, 1.54) is 16.8 Å². The van der Waals surface area contributed by atoms with Crippen LogP contribution in [0.5, 0.6) is 0 Å². The molecule has 4 rings (SSSR count). The monoisotopic (exact) mass is 470 g/mol. The zero-order chi connectivity index (χ0) is 24.2. The second-order valence-electron chi connectivity index (χ2n) is 11.3. The van der Waals surface area contributed by atoms with Gasteiger partial charge in [0.25, 0.3) is 0 Å². The number of hydrogen-bond acceptors (Lipinski definition) is 4. The number of nitrogens with zero attached hydrogens (tertiary/aromatic N) is 4. The fourth-order valence-corrected chi connectivity index (χ4v) is 6.89. The molecule has 2 aromatic rings. The van der Waals surface area contributed by atoms with Crippen LogP contribution >= 0.6 is 0 Å². The van der Waals surface area contributed by atoms with Gasteiger partial charge in [-0.15, -0.1) is 0 Å². The van der Waals surface area contributed by atoms with Crippen LogP contribution in [0.4, 0.5) is 0 Å². The average molecular weight is 471 g/mol. The summed E-state index contributed by atoms with van der Waals surface area (Å²) in [6, 6.07) is 7.73. The molecule has 1 aromatic carbocycles. The molecule has 1 aliphatic heterocycles. The molecule has 0 spiro atoms. The van der Waals surface area contributed by atoms with Gasteiger partial charge in [-0.2, -0.15) is 9.40 Å². The fourth-order valence-electron chi connectivity index (χ4n) is 5.36. The molecule has 1 saturated heterocycles. The van der Waals surface area contributed by atoms with Crippen LogP contribution in [0, 0.1) is 5.41 Å². The molecule has 1 fully saturated rings. The summed E-state index contributed by atoms with van der Waals surface area (Å²) in [6.07, 6.45) is 5.82. The van der Waals surface area contributed by atoms with E-state index in [9.17, 15) is 8.42 Å². The van der Waals surface area contributed by atoms with Crippen LogP contribution in [0.3, 0.4) is 0 Å². The molecule has 0 amide bonds. The molecule has 2 aliphatic rings. The van der Waals surface area contributed by atoms with E-state index in [4.69, 9.17) is 0 Å². The van der Waals surface area contributed by atoms with Crippen LogP contribution in [-0.2, 0) is 21.9 Å². The van der Waals surface area contributed by atoms with E-state index in [0.717, 1.165) is 24.9 Å². The Morgan fingerprint density at radius 1 is 1.15 bits per heavy atom. The van der Waals surface area contributed by atoms with E-state index in [1.54, 1.807) is 16.4 Å². The molecule has 180 valence electrons. The van der Waals surface area contributed by atoms with E-state index < -0.39 is 10.0 Å². The lowest BCUT2D eigenvalue weighted by Crippen LogP contribution is -2.53. The molecule has 0 radical (unpaired) electrons. The molecule has 1 atom stereocenters. The quantitative estimate of drug-likeness (QED) is 0.652. The van der Waals surface area contributed by atoms with Crippen LogP contribution in [0.15, 0.2) is 40.9 Å². The summed E-state index contributed by atoms with van der Waals surface area (Å²) in [4.78, 5) is 2.56. The van der Waals surface area contributed by atoms with Gasteiger partial charge in [-0.1, -0.05) is 38.5 Å². The Labute approximate surface area is 199 Å². The minimum atomic E-state index is -3.57. The van der Waals surface area contributed by atoms with E-state index >= 15 is 0 Å². The molecule has 0 unspecified atom stereocenters. The third-order valence-corrected chi connectivity index (χ3v) is 8.87. The summed E-state index contributed by atoms with van der Waals surface area (Å²) in [5.41, 5.74) is 4.63. The van der Waals surface area contributed by atoms with Crippen LogP contribution in [0.25, 0.3) is 6.08 Å². The van der Waals surface area contributed by atoms with Gasteiger partial charge in [0.05, 0.1) is 16.8 Å². The predicted octanol–water partition coefficient (Wildman–Crippen LogP) is 4.34. The van der Waals surface area contributed by atoms with E-state index in [-0.39, 0.29) is 10.8 Å². The third-order valence-electron chi connectivity index (χ3n) is 7.01. The van der Waals surface area contributed by atoms with Crippen LogP contribution in [-0.4, -0.2) is 61.1 Å². The van der Waals surface area contributed by atoms with Gasteiger partial charge in [0.1, 0.15) is 0 Å². The predicted molar refractivity (Wildman–Crippen MR) is 134 cm³/mol. The highest BCUT2D eigenvalue weighted by molar-refractivity contribution is 7.89. The average Bonchev–Trinajstić information content (AvgIpc) is 3.12. The second-order valence-corrected chi connectivity index (χ2v) is 13.3. The molecule has 0 bridgehead atoms. The van der Waals surface area contributed by atoms with E-state index in [2.05, 4.69) is 69.5 Å². The number of aromatic nitrogens is 2. The highest BCUT2D eigenvalue weighted by Gasteiger charge is 2.46. The van der Waals surface area contributed by atoms with Gasteiger partial charge in [0.15, 0.2) is 0 Å². The van der Waals surface area contributed by atoms with Crippen LogP contribution in [0.2, 0.25) is 0 Å². The van der Waals surface area contributed by atoms with Crippen molar-refractivity contribution in [2.45, 2.75) is 63.8 Å². The number of fused-ring (bicyclic) bond motifs is 2. The summed E-state index contributed by atoms with van der Waals surface area (Å²) in [7, 11) is 0.568. The number of piperidine rings is 1. The molecule has 6 nitrogen and oxygen atoms in total. The fraction of sp³-hybridized carbons (Fsp3) is 0.577. The number of sulfonamides is 1. The Hall–Kier alpha value is -1.96. The SMILES string of the molecule is CC(C)n1ncc2c1C=C1CCN(S(=O)(=O)c3ccc(C(C)(C)C)cc3)C[C@@]1(CN(C)C)C2. The molecular formula is C26H38N4O2S. The molecule has 0 N–H and O–H groups in total. The molecule has 1 aromatic heterocycles. The summed E-state index contributed by atoms with van der Waals surface area (Å²) in [6.45, 7) is 12.5. The van der Waals surface area contributed by atoms with Crippen molar-refractivity contribution in [2.75, 3.05) is 33.7 Å². The number of benzene rings is 1. The van der Waals surface area contributed by atoms with Crippen molar-refractivity contribution in [2.24, 2.45) is 5.41 Å². The first kappa shape index (κ1) is 24.2. The van der Waals surface area contributed by atoms with Crippen molar-refractivity contribution in [3.63, 3.8) is 0 Å². The highest BCUT2D eigenvalue weighted by atomic mass is 32.2. The van der Waals surface area contributed by atoms with Crippen molar-refractivity contribution in [3.05, 3.63) is 52.9 Å². The lowest BCUT2D eigenvalue weighted by Gasteiger charge is -2.47. The summed E-state index contributed by atoms with van der Waals surface area (Å²) in [5, 5.41) is 4.64. The molecule has 7 heteroatoms. The summed E-state index contributed by atoms with van der Waals surface area (Å²) >= 11 is 0. The van der Waals surface area contributed by atoms with E-state index in [0.29, 0.717) is 24.0 Å². The lowest BCUT2D eigenvalue weighted by molar-refractivity contribution is 0.161. The standard InChI is InChI=1S/C26H38N4O2S/c1-19(2)30-24-14-22-12-13-29(18-26(22,17-28(6)7)15-20(24)16-27-30)33(31,32)23-10-8-21(9-11-23)25(3,4)5/h8-11,14,16,19H,12-13,15,17-18H2,1-7H3/t26-/m0/s1. The first-order valence-electron chi connectivity index (χ1n) is 11.9. The Bertz CT molecular complexity index is 1150. The molecule has 1 aliphatic carbocycles. The van der Waals surface area contributed by atoms with Gasteiger partial charge in [0.2, 0.25) is 10.0 Å². The maximum absolute atomic E-state index is 13.7. The third kappa shape index (κ3) is 4.43. The van der Waals surface area contributed by atoms with Gasteiger partial charge in [-0.3, -0.25) is 4.68 Å². The van der Waals surface area contributed by atoms with Gasteiger partial charge in [-0.05, 0) is 75.5 Å². The Morgan fingerprint density at radius 2 is 1.82 bits per heavy atom. The van der Waals surface area contributed by atoms with Crippen LogP contribution < -0.4 is 0 Å². The van der Waals surface area contributed by atoms with Crippen molar-refractivity contribution in [3.8, 4) is 0 Å². The van der Waals surface area contributed by atoms with Gasteiger partial charge >= 0.3 is 0 Å². The van der Waals surface area contributed by atoms with Gasteiger partial charge < -0.3 is 4.90 Å². The molecule has 2 heterocycles. The first-order chi connectivity index (χ1) is 15.3. The largest absolute Gasteiger partial charge is 0.308 e. The zero-order valence-electron chi connectivity index (χ0n) is 21.1. The number of hydrogen-bond donors (Lipinski definition) is 0. The highest BCUT2D eigenvalue weighted by Crippen LogP contribution is 2.45. The normalized spacial score (nSPS) is 21.8. The minimum absolute atomic E-state index is 0.0108. The summed E-state index contributed by atoms with van der Waals surface area (Å²) in [5.74, 6) is 0. The smallest absolute Gasteiger partial charge is 0.243 e. The second kappa shape index (κ2) is 8.36. The lowest BCUT2D eigenvalue weighted by atomic mass is 9.68. The van der Waals surface area contributed by atoms with Crippen molar-refractivity contribution < 1.29 is 8.42 Å². The summed E-state index contributed by atoms with van der Waals surface area (Å²) < 4.78 is 31.1. The molecule has 33 heavy (non-hydrogen) atoms. The maximum atomic E-state index is 13.7. The Morgan fingerprint density at radius 3 is 2.39 bits per heavy atom. The number of rotatable bonds is 5. The Balaban J connectivity index is 1.68. The van der Waals surface area contributed by atoms with Gasteiger partial charge in [-0.25, -0.2) is 8.42 Å². The van der Waals surface area contributed by atoms with Crippen LogP contribution in [0.1, 0.15) is 63.9 Å². The van der Waals surface area contributed by atoms with Gasteiger partial charge in [0, 0.05) is 31.1 Å². The van der Waals surface area contributed by atoms with E-state index in [1.807, 2.05) is 18.3 Å². The van der Waals surface area contributed by atoms with Crippen molar-refractivity contribution in [1.82, 2.24) is 19.0 Å². The minimum Gasteiger partial charge on any atom is -0.308 e. The topological polar surface area (TPSA) is 58.4 Å².